The van der Waals surface area contributed by atoms with Gasteiger partial charge in [-0.2, -0.15) is 5.26 Å². The van der Waals surface area contributed by atoms with E-state index in [0.717, 1.165) is 12.8 Å². The molecule has 1 saturated carbocycles. The molecule has 0 atom stereocenters. The Morgan fingerprint density at radius 3 is 2.94 bits per heavy atom. The van der Waals surface area contributed by atoms with Crippen LogP contribution in [0.25, 0.3) is 0 Å². The highest BCUT2D eigenvalue weighted by atomic mass is 19.1. The predicted octanol–water partition coefficient (Wildman–Crippen LogP) is 2.44. The number of anilines is 1. The lowest BCUT2D eigenvalue weighted by molar-refractivity contribution is -0.116. The van der Waals surface area contributed by atoms with Crippen LogP contribution in [0.1, 0.15) is 24.8 Å². The number of nitrogens with zero attached hydrogens (tertiary/aromatic N) is 1. The molecule has 3 nitrogen and oxygen atoms in total. The minimum absolute atomic E-state index is 0.0516. The number of hydrogen-bond acceptors (Lipinski definition) is 2. The van der Waals surface area contributed by atoms with E-state index in [-0.39, 0.29) is 11.5 Å². The highest BCUT2D eigenvalue weighted by Gasteiger charge is 2.24. The number of rotatable bonds is 3. The number of carbonyl (C=O) groups is 1. The van der Waals surface area contributed by atoms with Gasteiger partial charge >= 0.3 is 0 Å². The number of hydrogen-bond donors (Lipinski definition) is 1. The van der Waals surface area contributed by atoms with E-state index in [1.807, 2.05) is 0 Å². The Balaban J connectivity index is 2.03. The fourth-order valence-corrected chi connectivity index (χ4v) is 1.48. The molecule has 0 radical (unpaired) electrons. The Morgan fingerprint density at radius 2 is 2.31 bits per heavy atom. The van der Waals surface area contributed by atoms with E-state index >= 15 is 0 Å². The third-order valence-corrected chi connectivity index (χ3v) is 2.54. The van der Waals surface area contributed by atoms with Crippen LogP contribution in [-0.2, 0) is 4.79 Å². The van der Waals surface area contributed by atoms with E-state index in [1.54, 1.807) is 6.07 Å². The zero-order chi connectivity index (χ0) is 11.5. The van der Waals surface area contributed by atoms with Crippen LogP contribution in [0.15, 0.2) is 18.2 Å². The second kappa shape index (κ2) is 4.31. The van der Waals surface area contributed by atoms with Gasteiger partial charge in [0.15, 0.2) is 0 Å². The van der Waals surface area contributed by atoms with E-state index in [1.165, 1.54) is 18.2 Å². The molecule has 82 valence electrons. The lowest BCUT2D eigenvalue weighted by Crippen LogP contribution is -2.12. The maximum absolute atomic E-state index is 13.0. The summed E-state index contributed by atoms with van der Waals surface area (Å²) in [5.74, 6) is -0.128. The lowest BCUT2D eigenvalue weighted by atomic mass is 10.2. The third kappa shape index (κ3) is 2.57. The molecule has 0 bridgehead atoms. The molecule has 16 heavy (non-hydrogen) atoms. The van der Waals surface area contributed by atoms with Crippen molar-refractivity contribution >= 4 is 11.6 Å². The van der Waals surface area contributed by atoms with Crippen molar-refractivity contribution in [3.05, 3.63) is 29.6 Å². The molecule has 0 saturated heterocycles. The summed E-state index contributed by atoms with van der Waals surface area (Å²) < 4.78 is 13.0. The molecule has 0 unspecified atom stereocenters. The Labute approximate surface area is 92.9 Å². The second-order valence-electron chi connectivity index (χ2n) is 4.00. The smallest absolute Gasteiger partial charge is 0.224 e. The van der Waals surface area contributed by atoms with Gasteiger partial charge in [0.2, 0.25) is 5.91 Å². The topological polar surface area (TPSA) is 52.9 Å². The molecule has 2 rings (SSSR count). The van der Waals surface area contributed by atoms with Crippen molar-refractivity contribution in [2.75, 3.05) is 5.32 Å². The van der Waals surface area contributed by atoms with Gasteiger partial charge in [-0.3, -0.25) is 4.79 Å². The monoisotopic (exact) mass is 218 g/mol. The molecule has 1 N–H and O–H groups in total. The summed E-state index contributed by atoms with van der Waals surface area (Å²) in [7, 11) is 0. The second-order valence-corrected chi connectivity index (χ2v) is 4.00. The van der Waals surface area contributed by atoms with Gasteiger partial charge in [0, 0.05) is 12.1 Å². The first-order valence-corrected chi connectivity index (χ1v) is 5.18. The quantitative estimate of drug-likeness (QED) is 0.847. The predicted molar refractivity (Wildman–Crippen MR) is 57.1 cm³/mol. The number of nitrogens with one attached hydrogen (secondary N) is 1. The molecule has 1 aromatic rings. The molecule has 0 aliphatic heterocycles. The van der Waals surface area contributed by atoms with E-state index in [2.05, 4.69) is 5.32 Å². The molecule has 1 aliphatic carbocycles. The van der Waals surface area contributed by atoms with Crippen molar-refractivity contribution in [2.45, 2.75) is 19.3 Å². The summed E-state index contributed by atoms with van der Waals surface area (Å²) in [6.07, 6.45) is 2.74. The van der Waals surface area contributed by atoms with Gasteiger partial charge in [0.05, 0.1) is 5.56 Å². The Morgan fingerprint density at radius 1 is 1.56 bits per heavy atom. The standard InChI is InChI=1S/C12H11FN2O/c13-11-4-3-10(6-9(11)7-14)15-12(16)5-8-1-2-8/h3-4,6,8H,1-2,5H2,(H,15,16). The molecule has 1 fully saturated rings. The average Bonchev–Trinajstić information content (AvgIpc) is 3.04. The fourth-order valence-electron chi connectivity index (χ4n) is 1.48. The van der Waals surface area contributed by atoms with Crippen molar-refractivity contribution in [3.63, 3.8) is 0 Å². The highest BCUT2D eigenvalue weighted by Crippen LogP contribution is 2.32. The van der Waals surface area contributed by atoms with Crippen molar-refractivity contribution in [3.8, 4) is 6.07 Å². The third-order valence-electron chi connectivity index (χ3n) is 2.54. The normalized spacial score (nSPS) is 14.2. The molecule has 1 aliphatic rings. The SMILES string of the molecule is N#Cc1cc(NC(=O)CC2CC2)ccc1F. The maximum atomic E-state index is 13.0. The largest absolute Gasteiger partial charge is 0.326 e. The number of benzene rings is 1. The van der Waals surface area contributed by atoms with E-state index in [0.29, 0.717) is 18.0 Å². The van der Waals surface area contributed by atoms with Gasteiger partial charge in [0.1, 0.15) is 11.9 Å². The van der Waals surface area contributed by atoms with Crippen molar-refractivity contribution in [2.24, 2.45) is 5.92 Å². The van der Waals surface area contributed by atoms with Crippen molar-refractivity contribution < 1.29 is 9.18 Å². The Kier molecular flexibility index (Phi) is 2.86. The van der Waals surface area contributed by atoms with Crippen LogP contribution < -0.4 is 5.32 Å². The van der Waals surface area contributed by atoms with E-state index < -0.39 is 5.82 Å². The van der Waals surface area contributed by atoms with Crippen molar-refractivity contribution in [1.82, 2.24) is 0 Å². The summed E-state index contributed by atoms with van der Waals surface area (Å²) in [6.45, 7) is 0. The van der Waals surface area contributed by atoms with Crippen molar-refractivity contribution in [1.29, 1.82) is 5.26 Å². The summed E-state index contributed by atoms with van der Waals surface area (Å²) >= 11 is 0. The zero-order valence-electron chi connectivity index (χ0n) is 8.66. The number of amides is 1. The molecule has 0 heterocycles. The highest BCUT2D eigenvalue weighted by molar-refractivity contribution is 5.91. The summed E-state index contributed by atoms with van der Waals surface area (Å²) in [6, 6.07) is 5.73. The zero-order valence-corrected chi connectivity index (χ0v) is 8.66. The van der Waals surface area contributed by atoms with Crippen LogP contribution in [0.3, 0.4) is 0 Å². The summed E-state index contributed by atoms with van der Waals surface area (Å²) in [5, 5.41) is 11.3. The average molecular weight is 218 g/mol. The van der Waals surface area contributed by atoms with Gasteiger partial charge in [-0.05, 0) is 37.0 Å². The van der Waals surface area contributed by atoms with Crippen LogP contribution >= 0.6 is 0 Å². The van der Waals surface area contributed by atoms with Gasteiger partial charge in [-0.1, -0.05) is 0 Å². The lowest BCUT2D eigenvalue weighted by Gasteiger charge is -2.04. The van der Waals surface area contributed by atoms with E-state index in [9.17, 15) is 9.18 Å². The van der Waals surface area contributed by atoms with Gasteiger partial charge in [-0.15, -0.1) is 0 Å². The van der Waals surface area contributed by atoms with E-state index in [4.69, 9.17) is 5.26 Å². The van der Waals surface area contributed by atoms with Crippen LogP contribution in [0.2, 0.25) is 0 Å². The van der Waals surface area contributed by atoms with Crippen LogP contribution in [-0.4, -0.2) is 5.91 Å². The Hall–Kier alpha value is -1.89. The van der Waals surface area contributed by atoms with Crippen LogP contribution in [0.4, 0.5) is 10.1 Å². The van der Waals surface area contributed by atoms with Gasteiger partial charge < -0.3 is 5.32 Å². The summed E-state index contributed by atoms with van der Waals surface area (Å²) in [5.41, 5.74) is 0.424. The molecule has 1 amide bonds. The molecule has 0 spiro atoms. The Bertz CT molecular complexity index is 461. The minimum Gasteiger partial charge on any atom is -0.326 e. The minimum atomic E-state index is -0.567. The van der Waals surface area contributed by atoms with Crippen LogP contribution in [0.5, 0.6) is 0 Å². The molecule has 1 aromatic carbocycles. The molecule has 0 aromatic heterocycles. The maximum Gasteiger partial charge on any atom is 0.224 e. The molecular weight excluding hydrogens is 207 g/mol. The number of nitriles is 1. The fraction of sp³-hybridized carbons (Fsp3) is 0.333. The first-order chi connectivity index (χ1) is 7.69. The molecule has 4 heteroatoms. The van der Waals surface area contributed by atoms with Gasteiger partial charge in [-0.25, -0.2) is 4.39 Å². The number of carbonyl (C=O) groups excluding carboxylic acids is 1. The first-order valence-electron chi connectivity index (χ1n) is 5.18. The number of halogens is 1. The first kappa shape index (κ1) is 10.6. The molecular formula is C12H11FN2O. The van der Waals surface area contributed by atoms with Crippen LogP contribution in [0, 0.1) is 23.1 Å². The summed E-state index contributed by atoms with van der Waals surface area (Å²) in [4.78, 5) is 11.5. The van der Waals surface area contributed by atoms with Gasteiger partial charge in [0.25, 0.3) is 0 Å².